The van der Waals surface area contributed by atoms with Gasteiger partial charge < -0.3 is 14.8 Å². The van der Waals surface area contributed by atoms with E-state index in [1.807, 2.05) is 42.9 Å². The first-order valence-electron chi connectivity index (χ1n) is 5.83. The molecular formula is C13H13N5O. The molecule has 3 rings (SSSR count). The van der Waals surface area contributed by atoms with Crippen molar-refractivity contribution >= 4 is 5.69 Å². The summed E-state index contributed by atoms with van der Waals surface area (Å²) in [5, 5.41) is 3.94. The van der Waals surface area contributed by atoms with Crippen LogP contribution in [0.1, 0.15) is 5.56 Å². The van der Waals surface area contributed by atoms with Gasteiger partial charge in [-0.25, -0.2) is 4.98 Å². The van der Waals surface area contributed by atoms with Crippen LogP contribution in [0.3, 0.4) is 0 Å². The SMILES string of the molecule is Cc1cccc(-c2nc(-c3nccn3C)no2)c1N. The number of benzene rings is 1. The Morgan fingerprint density at radius 2 is 2.16 bits per heavy atom. The van der Waals surface area contributed by atoms with Gasteiger partial charge in [0, 0.05) is 25.1 Å². The molecule has 2 aromatic heterocycles. The molecule has 19 heavy (non-hydrogen) atoms. The Morgan fingerprint density at radius 1 is 1.32 bits per heavy atom. The van der Waals surface area contributed by atoms with Crippen LogP contribution in [-0.4, -0.2) is 19.7 Å². The van der Waals surface area contributed by atoms with Crippen molar-refractivity contribution in [2.75, 3.05) is 5.73 Å². The van der Waals surface area contributed by atoms with Crippen LogP contribution in [0.15, 0.2) is 35.1 Å². The zero-order chi connectivity index (χ0) is 13.4. The highest BCUT2D eigenvalue weighted by atomic mass is 16.5. The van der Waals surface area contributed by atoms with Gasteiger partial charge in [-0.05, 0) is 18.6 Å². The van der Waals surface area contributed by atoms with Crippen molar-refractivity contribution in [3.05, 3.63) is 36.2 Å². The van der Waals surface area contributed by atoms with Crippen molar-refractivity contribution in [1.29, 1.82) is 0 Å². The quantitative estimate of drug-likeness (QED) is 0.708. The molecule has 0 saturated carbocycles. The summed E-state index contributed by atoms with van der Waals surface area (Å²) in [6.45, 7) is 1.94. The van der Waals surface area contributed by atoms with Crippen LogP contribution in [0.2, 0.25) is 0 Å². The van der Waals surface area contributed by atoms with Gasteiger partial charge in [-0.3, -0.25) is 0 Å². The molecule has 0 unspecified atom stereocenters. The number of anilines is 1. The van der Waals surface area contributed by atoms with Gasteiger partial charge in [0.2, 0.25) is 5.82 Å². The van der Waals surface area contributed by atoms with Crippen molar-refractivity contribution in [3.63, 3.8) is 0 Å². The zero-order valence-corrected chi connectivity index (χ0v) is 10.7. The van der Waals surface area contributed by atoms with E-state index in [1.165, 1.54) is 0 Å². The number of hydrogen-bond donors (Lipinski definition) is 1. The van der Waals surface area contributed by atoms with Gasteiger partial charge in [-0.15, -0.1) is 0 Å². The maximum atomic E-state index is 6.02. The molecule has 0 saturated heterocycles. The Morgan fingerprint density at radius 3 is 2.89 bits per heavy atom. The molecule has 0 fully saturated rings. The molecule has 0 amide bonds. The third kappa shape index (κ3) is 1.87. The Labute approximate surface area is 109 Å². The molecular weight excluding hydrogens is 242 g/mol. The van der Waals surface area contributed by atoms with E-state index >= 15 is 0 Å². The van der Waals surface area contributed by atoms with E-state index in [1.54, 1.807) is 6.20 Å². The van der Waals surface area contributed by atoms with Gasteiger partial charge in [0.05, 0.1) is 5.56 Å². The zero-order valence-electron chi connectivity index (χ0n) is 10.7. The summed E-state index contributed by atoms with van der Waals surface area (Å²) >= 11 is 0. The summed E-state index contributed by atoms with van der Waals surface area (Å²) in [5.74, 6) is 1.50. The Kier molecular flexibility index (Phi) is 2.56. The van der Waals surface area contributed by atoms with E-state index in [2.05, 4.69) is 15.1 Å². The van der Waals surface area contributed by atoms with Crippen LogP contribution in [0.4, 0.5) is 5.69 Å². The number of nitrogens with two attached hydrogens (primary N) is 1. The smallest absolute Gasteiger partial charge is 0.260 e. The number of para-hydroxylation sites is 1. The molecule has 0 radical (unpaired) electrons. The van der Waals surface area contributed by atoms with Gasteiger partial charge in [-0.1, -0.05) is 17.3 Å². The van der Waals surface area contributed by atoms with Gasteiger partial charge in [-0.2, -0.15) is 4.98 Å². The molecule has 96 valence electrons. The van der Waals surface area contributed by atoms with E-state index < -0.39 is 0 Å². The molecule has 1 aromatic carbocycles. The van der Waals surface area contributed by atoms with Crippen LogP contribution in [0.5, 0.6) is 0 Å². The average Bonchev–Trinajstić information content (AvgIpc) is 3.01. The van der Waals surface area contributed by atoms with Crippen molar-refractivity contribution in [2.45, 2.75) is 6.92 Å². The molecule has 6 heteroatoms. The lowest BCUT2D eigenvalue weighted by Gasteiger charge is -2.02. The Bertz CT molecular complexity index is 728. The fourth-order valence-corrected chi connectivity index (χ4v) is 1.87. The topological polar surface area (TPSA) is 82.8 Å². The monoisotopic (exact) mass is 255 g/mol. The largest absolute Gasteiger partial charge is 0.398 e. The fourth-order valence-electron chi connectivity index (χ4n) is 1.87. The first kappa shape index (κ1) is 11.5. The van der Waals surface area contributed by atoms with Crippen LogP contribution < -0.4 is 5.73 Å². The number of rotatable bonds is 2. The highest BCUT2D eigenvalue weighted by Crippen LogP contribution is 2.28. The highest BCUT2D eigenvalue weighted by Gasteiger charge is 2.15. The van der Waals surface area contributed by atoms with E-state index in [0.29, 0.717) is 23.2 Å². The number of hydrogen-bond acceptors (Lipinski definition) is 5. The molecule has 0 aliphatic heterocycles. The molecule has 6 nitrogen and oxygen atoms in total. The third-order valence-corrected chi connectivity index (χ3v) is 3.00. The lowest BCUT2D eigenvalue weighted by atomic mass is 10.1. The van der Waals surface area contributed by atoms with Crippen LogP contribution in [-0.2, 0) is 7.05 Å². The number of nitrogen functional groups attached to an aromatic ring is 1. The minimum atomic E-state index is 0.402. The van der Waals surface area contributed by atoms with Gasteiger partial charge in [0.15, 0.2) is 5.82 Å². The predicted molar refractivity (Wildman–Crippen MR) is 71.1 cm³/mol. The molecule has 3 aromatic rings. The summed E-state index contributed by atoms with van der Waals surface area (Å²) in [6, 6.07) is 5.71. The number of aromatic nitrogens is 4. The van der Waals surface area contributed by atoms with Gasteiger partial charge >= 0.3 is 0 Å². The minimum Gasteiger partial charge on any atom is -0.398 e. The van der Waals surface area contributed by atoms with Crippen LogP contribution in [0, 0.1) is 6.92 Å². The van der Waals surface area contributed by atoms with E-state index in [0.717, 1.165) is 11.1 Å². The lowest BCUT2D eigenvalue weighted by molar-refractivity contribution is 0.432. The highest BCUT2D eigenvalue weighted by molar-refractivity contribution is 5.73. The maximum absolute atomic E-state index is 6.02. The first-order valence-corrected chi connectivity index (χ1v) is 5.83. The molecule has 0 aliphatic carbocycles. The van der Waals surface area contributed by atoms with Crippen LogP contribution in [0.25, 0.3) is 23.1 Å². The second-order valence-electron chi connectivity index (χ2n) is 4.32. The molecule has 0 atom stereocenters. The standard InChI is InChI=1S/C13H13N5O/c1-8-4-3-5-9(10(8)14)13-16-11(17-19-13)12-15-6-7-18(12)2/h3-7H,14H2,1-2H3. The normalized spacial score (nSPS) is 10.8. The second kappa shape index (κ2) is 4.24. The minimum absolute atomic E-state index is 0.402. The molecule has 0 bridgehead atoms. The Hall–Kier alpha value is -2.63. The summed E-state index contributed by atoms with van der Waals surface area (Å²) in [4.78, 5) is 8.52. The average molecular weight is 255 g/mol. The maximum Gasteiger partial charge on any atom is 0.260 e. The molecule has 0 aliphatic rings. The fraction of sp³-hybridized carbons (Fsp3) is 0.154. The number of aryl methyl sites for hydroxylation is 2. The molecule has 0 spiro atoms. The summed E-state index contributed by atoms with van der Waals surface area (Å²) in [6.07, 6.45) is 3.51. The van der Waals surface area contributed by atoms with Crippen molar-refractivity contribution in [1.82, 2.24) is 19.7 Å². The van der Waals surface area contributed by atoms with E-state index in [-0.39, 0.29) is 0 Å². The summed E-state index contributed by atoms with van der Waals surface area (Å²) < 4.78 is 7.10. The third-order valence-electron chi connectivity index (χ3n) is 3.00. The lowest BCUT2D eigenvalue weighted by Crippen LogP contribution is -1.94. The summed E-state index contributed by atoms with van der Waals surface area (Å²) in [5.41, 5.74) is 8.40. The first-order chi connectivity index (χ1) is 9.16. The van der Waals surface area contributed by atoms with Crippen LogP contribution >= 0.6 is 0 Å². The van der Waals surface area contributed by atoms with Gasteiger partial charge in [0.25, 0.3) is 5.89 Å². The van der Waals surface area contributed by atoms with E-state index in [4.69, 9.17) is 10.3 Å². The van der Waals surface area contributed by atoms with Gasteiger partial charge in [0.1, 0.15) is 0 Å². The van der Waals surface area contributed by atoms with Crippen molar-refractivity contribution in [2.24, 2.45) is 7.05 Å². The van der Waals surface area contributed by atoms with Crippen molar-refractivity contribution in [3.8, 4) is 23.1 Å². The Balaban J connectivity index is 2.07. The van der Waals surface area contributed by atoms with E-state index in [9.17, 15) is 0 Å². The number of imidazole rings is 1. The molecule has 2 N–H and O–H groups in total. The summed E-state index contributed by atoms with van der Waals surface area (Å²) in [7, 11) is 1.87. The van der Waals surface area contributed by atoms with Crippen molar-refractivity contribution < 1.29 is 4.52 Å². The number of nitrogens with zero attached hydrogens (tertiary/aromatic N) is 4. The predicted octanol–water partition coefficient (Wildman–Crippen LogP) is 2.03. The second-order valence-corrected chi connectivity index (χ2v) is 4.32. The molecule has 2 heterocycles.